The summed E-state index contributed by atoms with van der Waals surface area (Å²) in [5.41, 5.74) is 5.06. The van der Waals surface area contributed by atoms with Crippen LogP contribution in [0.2, 0.25) is 0 Å². The SMILES string of the molecule is Nc1nc(/C(=N/O)C(=O)NC2C(=O)N3C(C(=O)O)=C(/C=C/Sc4cc(=O)c5ccc(F)cc5s4)CSC23)cs1. The highest BCUT2D eigenvalue weighted by atomic mass is 32.2. The fourth-order valence-corrected chi connectivity index (χ4v) is 7.81. The van der Waals surface area contributed by atoms with Crippen molar-refractivity contribution in [1.82, 2.24) is 15.2 Å². The van der Waals surface area contributed by atoms with Crippen molar-refractivity contribution in [3.05, 3.63) is 74.1 Å². The maximum Gasteiger partial charge on any atom is 0.352 e. The summed E-state index contributed by atoms with van der Waals surface area (Å²) in [5, 5.41) is 27.5. The summed E-state index contributed by atoms with van der Waals surface area (Å²) in [6, 6.07) is 4.32. The second kappa shape index (κ2) is 10.8. The summed E-state index contributed by atoms with van der Waals surface area (Å²) in [6.07, 6.45) is 1.55. The van der Waals surface area contributed by atoms with Crippen LogP contribution < -0.4 is 16.5 Å². The molecule has 5 N–H and O–H groups in total. The van der Waals surface area contributed by atoms with Crippen LogP contribution >= 0.6 is 46.2 Å². The van der Waals surface area contributed by atoms with Crippen molar-refractivity contribution in [1.29, 1.82) is 0 Å². The number of nitrogens with two attached hydrogens (primary N) is 1. The number of carbonyl (C=O) groups is 3. The maximum atomic E-state index is 13.6. The number of halogens is 1. The number of anilines is 1. The topological polar surface area (TPSA) is 175 Å². The standard InChI is InChI=1S/C23H16FN5O6S4/c24-10-1-2-11-13(30)6-15(39-14(11)5-10)36-4-3-9-7-37-21-17(20(32)29(21)18(9)22(33)34)27-19(31)16(28-35)12-8-38-23(25)26-12/h1-6,8,17,21,35H,7H2,(H2,25,26)(H,27,31)(H,33,34)/b4-3+,28-16-. The number of thioether (sulfide) groups is 2. The molecule has 4 heterocycles. The minimum absolute atomic E-state index is 0.0371. The van der Waals surface area contributed by atoms with E-state index in [1.807, 2.05) is 0 Å². The number of β-lactam (4-membered cyclic amide) rings is 1. The Morgan fingerprint density at radius 1 is 1.31 bits per heavy atom. The van der Waals surface area contributed by atoms with Crippen molar-refractivity contribution in [2.24, 2.45) is 5.16 Å². The summed E-state index contributed by atoms with van der Waals surface area (Å²) in [4.78, 5) is 55.0. The molecule has 2 aliphatic heterocycles. The number of nitrogens with zero attached hydrogens (tertiary/aromatic N) is 3. The molecule has 3 aromatic rings. The zero-order valence-corrected chi connectivity index (χ0v) is 22.6. The number of amides is 2. The fourth-order valence-electron chi connectivity index (χ4n) is 3.94. The van der Waals surface area contributed by atoms with Crippen LogP contribution in [0.25, 0.3) is 10.1 Å². The van der Waals surface area contributed by atoms with Crippen LogP contribution in [0, 0.1) is 5.82 Å². The van der Waals surface area contributed by atoms with Crippen LogP contribution in [0.1, 0.15) is 5.69 Å². The molecule has 0 aliphatic carbocycles. The van der Waals surface area contributed by atoms with E-state index in [2.05, 4.69) is 15.5 Å². The molecule has 5 rings (SSSR count). The molecule has 2 unspecified atom stereocenters. The number of rotatable bonds is 7. The van der Waals surface area contributed by atoms with Crippen LogP contribution in [-0.2, 0) is 14.4 Å². The van der Waals surface area contributed by atoms with Crippen LogP contribution in [-0.4, -0.2) is 60.9 Å². The van der Waals surface area contributed by atoms with E-state index in [4.69, 9.17) is 5.73 Å². The molecule has 2 aromatic heterocycles. The Kier molecular flexibility index (Phi) is 7.44. The Morgan fingerprint density at radius 3 is 2.79 bits per heavy atom. The lowest BCUT2D eigenvalue weighted by Crippen LogP contribution is -2.71. The molecule has 1 saturated heterocycles. The lowest BCUT2D eigenvalue weighted by molar-refractivity contribution is -0.150. The highest BCUT2D eigenvalue weighted by molar-refractivity contribution is 8.04. The molecule has 1 aromatic carbocycles. The number of allylic oxidation sites excluding steroid dienone is 1. The minimum Gasteiger partial charge on any atom is -0.477 e. The molecule has 2 aliphatic rings. The van der Waals surface area contributed by atoms with Gasteiger partial charge in [0, 0.05) is 27.3 Å². The Bertz CT molecular complexity index is 1680. The first-order chi connectivity index (χ1) is 18.7. The number of thiazole rings is 1. The van der Waals surface area contributed by atoms with E-state index in [0.29, 0.717) is 19.9 Å². The fraction of sp³-hybridized carbons (Fsp3) is 0.130. The van der Waals surface area contributed by atoms with Crippen molar-refractivity contribution in [3.8, 4) is 0 Å². The summed E-state index contributed by atoms with van der Waals surface area (Å²) in [5.74, 6) is -3.05. The second-order valence-electron chi connectivity index (χ2n) is 8.05. The minimum atomic E-state index is -1.32. The largest absolute Gasteiger partial charge is 0.477 e. The maximum absolute atomic E-state index is 13.6. The number of aliphatic carboxylic acids is 1. The van der Waals surface area contributed by atoms with Gasteiger partial charge in [-0.1, -0.05) is 16.9 Å². The van der Waals surface area contributed by atoms with Gasteiger partial charge in [-0.05, 0) is 35.3 Å². The lowest BCUT2D eigenvalue weighted by atomic mass is 10.0. The number of nitrogens with one attached hydrogen (secondary N) is 1. The third kappa shape index (κ3) is 5.15. The number of hydrogen-bond donors (Lipinski definition) is 4. The highest BCUT2D eigenvalue weighted by Gasteiger charge is 2.54. The van der Waals surface area contributed by atoms with Gasteiger partial charge in [-0.3, -0.25) is 19.3 Å². The van der Waals surface area contributed by atoms with Gasteiger partial charge in [-0.25, -0.2) is 14.2 Å². The number of aromatic nitrogens is 1. The molecule has 0 spiro atoms. The summed E-state index contributed by atoms with van der Waals surface area (Å²) >= 11 is 4.68. The number of carboxylic acids is 1. The number of fused-ring (bicyclic) bond motifs is 2. The Balaban J connectivity index is 1.32. The number of nitrogen functional groups attached to an aromatic ring is 1. The summed E-state index contributed by atoms with van der Waals surface area (Å²) in [7, 11) is 0. The van der Waals surface area contributed by atoms with Gasteiger partial charge in [0.15, 0.2) is 16.3 Å². The van der Waals surface area contributed by atoms with E-state index in [9.17, 15) is 33.9 Å². The predicted molar refractivity (Wildman–Crippen MR) is 148 cm³/mol. The first kappa shape index (κ1) is 26.9. The number of carboxylic acid groups (broad SMARTS) is 1. The van der Waals surface area contributed by atoms with Gasteiger partial charge in [0.1, 0.15) is 28.6 Å². The third-order valence-electron chi connectivity index (χ3n) is 5.69. The Hall–Kier alpha value is -3.73. The first-order valence-corrected chi connectivity index (χ1v) is 14.5. The van der Waals surface area contributed by atoms with Crippen LogP contribution in [0.3, 0.4) is 0 Å². The van der Waals surface area contributed by atoms with E-state index >= 15 is 0 Å². The molecular weight excluding hydrogens is 590 g/mol. The van der Waals surface area contributed by atoms with Crippen molar-refractivity contribution in [2.75, 3.05) is 11.5 Å². The van der Waals surface area contributed by atoms with Gasteiger partial charge in [0.05, 0.1) is 4.21 Å². The average molecular weight is 606 g/mol. The highest BCUT2D eigenvalue weighted by Crippen LogP contribution is 2.41. The molecule has 0 radical (unpaired) electrons. The number of hydrogen-bond acceptors (Lipinski definition) is 12. The van der Waals surface area contributed by atoms with Crippen molar-refractivity contribution in [3.63, 3.8) is 0 Å². The molecule has 39 heavy (non-hydrogen) atoms. The van der Waals surface area contributed by atoms with Gasteiger partial charge in [0.25, 0.3) is 11.8 Å². The van der Waals surface area contributed by atoms with Gasteiger partial charge < -0.3 is 21.4 Å². The Morgan fingerprint density at radius 2 is 2.10 bits per heavy atom. The molecule has 0 bridgehead atoms. The smallest absolute Gasteiger partial charge is 0.352 e. The van der Waals surface area contributed by atoms with Gasteiger partial charge in [-0.15, -0.1) is 34.4 Å². The van der Waals surface area contributed by atoms with Gasteiger partial charge in [0.2, 0.25) is 0 Å². The monoisotopic (exact) mass is 605 g/mol. The number of carbonyl (C=O) groups excluding carboxylic acids is 2. The van der Waals surface area contributed by atoms with E-state index in [1.165, 1.54) is 64.5 Å². The van der Waals surface area contributed by atoms with Gasteiger partial charge >= 0.3 is 5.97 Å². The number of benzene rings is 1. The van der Waals surface area contributed by atoms with Crippen molar-refractivity contribution >= 4 is 84.9 Å². The molecule has 200 valence electrons. The van der Waals surface area contributed by atoms with E-state index in [-0.39, 0.29) is 27.7 Å². The molecule has 2 atom stereocenters. The van der Waals surface area contributed by atoms with E-state index < -0.39 is 40.7 Å². The van der Waals surface area contributed by atoms with Crippen LogP contribution in [0.5, 0.6) is 0 Å². The van der Waals surface area contributed by atoms with Crippen molar-refractivity contribution in [2.45, 2.75) is 15.6 Å². The zero-order chi connectivity index (χ0) is 27.8. The normalized spacial score (nSPS) is 19.4. The Labute approximate surface area is 234 Å². The van der Waals surface area contributed by atoms with Crippen LogP contribution in [0.4, 0.5) is 9.52 Å². The quantitative estimate of drug-likeness (QED) is 0.103. The van der Waals surface area contributed by atoms with Gasteiger partial charge in [-0.2, -0.15) is 0 Å². The van der Waals surface area contributed by atoms with E-state index in [0.717, 1.165) is 16.2 Å². The summed E-state index contributed by atoms with van der Waals surface area (Å²) < 4.78 is 14.7. The molecule has 0 saturated carbocycles. The molecule has 11 nitrogen and oxygen atoms in total. The molecule has 1 fully saturated rings. The molecule has 2 amide bonds. The molecule has 16 heteroatoms. The predicted octanol–water partition coefficient (Wildman–Crippen LogP) is 2.66. The molecular formula is C23H16FN5O6S4. The second-order valence-corrected chi connectivity index (χ2v) is 12.3. The zero-order valence-electron chi connectivity index (χ0n) is 19.4. The summed E-state index contributed by atoms with van der Waals surface area (Å²) in [6.45, 7) is 0. The third-order valence-corrected chi connectivity index (χ3v) is 9.70. The average Bonchev–Trinajstić information content (AvgIpc) is 3.32. The van der Waals surface area contributed by atoms with Crippen LogP contribution in [0.15, 0.2) is 66.6 Å². The van der Waals surface area contributed by atoms with Crippen molar-refractivity contribution < 1.29 is 29.1 Å². The first-order valence-electron chi connectivity index (χ1n) is 10.9. The van der Waals surface area contributed by atoms with E-state index in [1.54, 1.807) is 11.5 Å². The lowest BCUT2D eigenvalue weighted by Gasteiger charge is -2.49. The number of oxime groups is 1.